The Kier molecular flexibility index (Phi) is 1.65. The molecule has 0 fully saturated rings. The largest absolute Gasteiger partial charge is 0.353 e. The van der Waals surface area contributed by atoms with E-state index in [1.54, 1.807) is 6.20 Å². The van der Waals surface area contributed by atoms with Gasteiger partial charge in [0.05, 0.1) is 11.4 Å². The van der Waals surface area contributed by atoms with Crippen LogP contribution in [0.25, 0.3) is 22.3 Å². The van der Waals surface area contributed by atoms with Crippen molar-refractivity contribution in [2.24, 2.45) is 7.05 Å². The van der Waals surface area contributed by atoms with Crippen LogP contribution < -0.4 is 0 Å². The van der Waals surface area contributed by atoms with Gasteiger partial charge >= 0.3 is 0 Å². The van der Waals surface area contributed by atoms with Crippen LogP contribution in [0.2, 0.25) is 0 Å². The van der Waals surface area contributed by atoms with Crippen molar-refractivity contribution in [3.63, 3.8) is 0 Å². The Morgan fingerprint density at radius 3 is 2.80 bits per heavy atom. The number of hydrogen-bond acceptors (Lipinski definition) is 1. The van der Waals surface area contributed by atoms with E-state index < -0.39 is 0 Å². The van der Waals surface area contributed by atoms with Crippen molar-refractivity contribution >= 4 is 10.9 Å². The van der Waals surface area contributed by atoms with Crippen molar-refractivity contribution in [3.8, 4) is 11.4 Å². The molecule has 0 saturated heterocycles. The van der Waals surface area contributed by atoms with Gasteiger partial charge in [-0.15, -0.1) is 0 Å². The number of para-hydroxylation sites is 1. The van der Waals surface area contributed by atoms with Crippen molar-refractivity contribution in [1.29, 1.82) is 0 Å². The molecule has 0 radical (unpaired) electrons. The Balaban J connectivity index is 2.24. The molecule has 0 spiro atoms. The second-order valence-corrected chi connectivity index (χ2v) is 3.61. The summed E-state index contributed by atoms with van der Waals surface area (Å²) in [6, 6.07) is 12.4. The van der Waals surface area contributed by atoms with Gasteiger partial charge < -0.3 is 4.98 Å². The highest BCUT2D eigenvalue weighted by Gasteiger charge is 2.05. The second-order valence-electron chi connectivity index (χ2n) is 3.61. The quantitative estimate of drug-likeness (QED) is 0.639. The maximum atomic E-state index is 4.16. The molecule has 1 N–H and O–H groups in total. The number of benzene rings is 1. The minimum atomic E-state index is 1.10. The molecule has 3 heteroatoms. The summed E-state index contributed by atoms with van der Waals surface area (Å²) < 4.78 is 1.87. The van der Waals surface area contributed by atoms with Crippen LogP contribution in [-0.2, 0) is 7.05 Å². The van der Waals surface area contributed by atoms with Gasteiger partial charge in [0.15, 0.2) is 0 Å². The third-order valence-electron chi connectivity index (χ3n) is 2.63. The summed E-state index contributed by atoms with van der Waals surface area (Å²) in [6.45, 7) is 0. The molecule has 0 saturated carbocycles. The van der Waals surface area contributed by atoms with Crippen LogP contribution in [0.3, 0.4) is 0 Å². The smallest absolute Gasteiger partial charge is 0.0841 e. The molecular formula is C12H11N3. The van der Waals surface area contributed by atoms with Crippen LogP contribution in [0.1, 0.15) is 0 Å². The first-order chi connectivity index (χ1) is 7.34. The number of aromatic amines is 1. The van der Waals surface area contributed by atoms with Gasteiger partial charge in [-0.2, -0.15) is 5.10 Å². The lowest BCUT2D eigenvalue weighted by Gasteiger charge is -1.96. The molecule has 3 rings (SSSR count). The molecule has 0 amide bonds. The SMILES string of the molecule is Cn1nccc1-c1cc2ccccc2[nH]1. The fourth-order valence-corrected chi connectivity index (χ4v) is 1.85. The van der Waals surface area contributed by atoms with Crippen LogP contribution in [-0.4, -0.2) is 14.8 Å². The molecule has 2 heterocycles. The van der Waals surface area contributed by atoms with Gasteiger partial charge in [-0.3, -0.25) is 4.68 Å². The van der Waals surface area contributed by atoms with Gasteiger partial charge in [-0.05, 0) is 18.2 Å². The number of H-pyrrole nitrogens is 1. The number of rotatable bonds is 1. The molecule has 0 bridgehead atoms. The van der Waals surface area contributed by atoms with E-state index in [1.807, 2.05) is 29.9 Å². The summed E-state index contributed by atoms with van der Waals surface area (Å²) >= 11 is 0. The average Bonchev–Trinajstić information content (AvgIpc) is 2.82. The molecule has 2 aromatic heterocycles. The normalized spacial score (nSPS) is 11.0. The standard InChI is InChI=1S/C12H11N3/c1-15-12(6-7-13-15)11-8-9-4-2-3-5-10(9)14-11/h2-8,14H,1H3. The number of hydrogen-bond donors (Lipinski definition) is 1. The summed E-state index contributed by atoms with van der Waals surface area (Å²) in [5, 5.41) is 5.39. The average molecular weight is 197 g/mol. The minimum Gasteiger partial charge on any atom is -0.353 e. The van der Waals surface area contributed by atoms with E-state index in [0.717, 1.165) is 16.9 Å². The van der Waals surface area contributed by atoms with Gasteiger partial charge in [0.25, 0.3) is 0 Å². The molecule has 3 aromatic rings. The zero-order valence-corrected chi connectivity index (χ0v) is 8.44. The van der Waals surface area contributed by atoms with Crippen molar-refractivity contribution in [2.75, 3.05) is 0 Å². The van der Waals surface area contributed by atoms with Crippen molar-refractivity contribution < 1.29 is 0 Å². The lowest BCUT2D eigenvalue weighted by Crippen LogP contribution is -1.92. The lowest BCUT2D eigenvalue weighted by atomic mass is 10.2. The molecule has 0 unspecified atom stereocenters. The molecule has 1 aromatic carbocycles. The second kappa shape index (κ2) is 2.98. The highest BCUT2D eigenvalue weighted by Crippen LogP contribution is 2.22. The Bertz CT molecular complexity index is 571. The summed E-state index contributed by atoms with van der Waals surface area (Å²) in [5.74, 6) is 0. The van der Waals surface area contributed by atoms with E-state index >= 15 is 0 Å². The summed E-state index contributed by atoms with van der Waals surface area (Å²) in [7, 11) is 1.95. The predicted molar refractivity (Wildman–Crippen MR) is 60.5 cm³/mol. The fraction of sp³-hybridized carbons (Fsp3) is 0.0833. The third kappa shape index (κ3) is 1.24. The zero-order chi connectivity index (χ0) is 10.3. The van der Waals surface area contributed by atoms with Crippen molar-refractivity contribution in [1.82, 2.24) is 14.8 Å². The Morgan fingerprint density at radius 1 is 1.20 bits per heavy atom. The molecular weight excluding hydrogens is 186 g/mol. The van der Waals surface area contributed by atoms with E-state index in [4.69, 9.17) is 0 Å². The number of aryl methyl sites for hydroxylation is 1. The van der Waals surface area contributed by atoms with Crippen LogP contribution in [0.5, 0.6) is 0 Å². The number of aromatic nitrogens is 3. The Labute approximate surface area is 87.4 Å². The van der Waals surface area contributed by atoms with E-state index in [-0.39, 0.29) is 0 Å². The zero-order valence-electron chi connectivity index (χ0n) is 8.44. The molecule has 0 aliphatic rings. The highest BCUT2D eigenvalue weighted by atomic mass is 15.3. The van der Waals surface area contributed by atoms with Crippen LogP contribution >= 0.6 is 0 Å². The van der Waals surface area contributed by atoms with E-state index in [9.17, 15) is 0 Å². The first-order valence-electron chi connectivity index (χ1n) is 4.91. The first-order valence-corrected chi connectivity index (χ1v) is 4.91. The highest BCUT2D eigenvalue weighted by molar-refractivity contribution is 5.85. The van der Waals surface area contributed by atoms with Crippen LogP contribution in [0.4, 0.5) is 0 Å². The number of nitrogens with one attached hydrogen (secondary N) is 1. The van der Waals surface area contributed by atoms with E-state index in [1.165, 1.54) is 5.39 Å². The minimum absolute atomic E-state index is 1.10. The van der Waals surface area contributed by atoms with Crippen LogP contribution in [0, 0.1) is 0 Å². The molecule has 0 aliphatic carbocycles. The molecule has 3 nitrogen and oxygen atoms in total. The van der Waals surface area contributed by atoms with Crippen molar-refractivity contribution in [3.05, 3.63) is 42.6 Å². The van der Waals surface area contributed by atoms with Gasteiger partial charge in [0.1, 0.15) is 0 Å². The summed E-state index contributed by atoms with van der Waals surface area (Å²) in [6.07, 6.45) is 1.81. The maximum absolute atomic E-state index is 4.16. The fourth-order valence-electron chi connectivity index (χ4n) is 1.85. The van der Waals surface area contributed by atoms with Gasteiger partial charge in [-0.1, -0.05) is 18.2 Å². The molecule has 74 valence electrons. The third-order valence-corrected chi connectivity index (χ3v) is 2.63. The van der Waals surface area contributed by atoms with Gasteiger partial charge in [0, 0.05) is 24.1 Å². The van der Waals surface area contributed by atoms with E-state index in [0.29, 0.717) is 0 Å². The maximum Gasteiger partial charge on any atom is 0.0841 e. The van der Waals surface area contributed by atoms with E-state index in [2.05, 4.69) is 28.3 Å². The van der Waals surface area contributed by atoms with Gasteiger partial charge in [0.2, 0.25) is 0 Å². The monoisotopic (exact) mass is 197 g/mol. The van der Waals surface area contributed by atoms with Crippen molar-refractivity contribution in [2.45, 2.75) is 0 Å². The molecule has 15 heavy (non-hydrogen) atoms. The Morgan fingerprint density at radius 2 is 2.07 bits per heavy atom. The molecule has 0 aliphatic heterocycles. The summed E-state index contributed by atoms with van der Waals surface area (Å²) in [4.78, 5) is 3.38. The number of nitrogens with zero attached hydrogens (tertiary/aromatic N) is 2. The molecule has 0 atom stereocenters. The first kappa shape index (κ1) is 8.29. The topological polar surface area (TPSA) is 33.6 Å². The summed E-state index contributed by atoms with van der Waals surface area (Å²) in [5.41, 5.74) is 3.37. The lowest BCUT2D eigenvalue weighted by molar-refractivity contribution is 0.774. The van der Waals surface area contributed by atoms with Gasteiger partial charge in [-0.25, -0.2) is 0 Å². The number of fused-ring (bicyclic) bond motifs is 1. The predicted octanol–water partition coefficient (Wildman–Crippen LogP) is 2.57. The Hall–Kier alpha value is -2.03. The van der Waals surface area contributed by atoms with Crippen LogP contribution in [0.15, 0.2) is 42.6 Å².